The summed E-state index contributed by atoms with van der Waals surface area (Å²) in [5.74, 6) is 1.86. The average Bonchev–Trinajstić information content (AvgIpc) is 3.14. The summed E-state index contributed by atoms with van der Waals surface area (Å²) in [5, 5.41) is 3.01. The van der Waals surface area contributed by atoms with Crippen molar-refractivity contribution in [3.8, 4) is 5.75 Å². The summed E-state index contributed by atoms with van der Waals surface area (Å²) < 4.78 is 8.20. The molecule has 0 aliphatic rings. The second kappa shape index (κ2) is 10.1. The van der Waals surface area contributed by atoms with E-state index in [4.69, 9.17) is 9.72 Å². The Balaban J connectivity index is 1.36. The van der Waals surface area contributed by atoms with Gasteiger partial charge >= 0.3 is 0 Å². The Morgan fingerprint density at radius 3 is 2.59 bits per heavy atom. The Morgan fingerprint density at radius 2 is 1.78 bits per heavy atom. The summed E-state index contributed by atoms with van der Waals surface area (Å²) in [6, 6.07) is 23.9. The molecule has 0 radical (unpaired) electrons. The molecule has 1 aromatic heterocycles. The number of ether oxygens (including phenoxy) is 1. The van der Waals surface area contributed by atoms with E-state index >= 15 is 0 Å². The lowest BCUT2D eigenvalue weighted by Crippen LogP contribution is -2.25. The number of amides is 1. The number of hydrogen-bond acceptors (Lipinski definition) is 3. The summed E-state index contributed by atoms with van der Waals surface area (Å²) in [6.07, 6.45) is 1.60. The van der Waals surface area contributed by atoms with Gasteiger partial charge in [0.2, 0.25) is 0 Å². The van der Waals surface area contributed by atoms with E-state index in [1.54, 1.807) is 0 Å². The van der Waals surface area contributed by atoms with E-state index in [1.807, 2.05) is 67.6 Å². The molecule has 0 bridgehead atoms. The van der Waals surface area contributed by atoms with Gasteiger partial charge in [-0.2, -0.15) is 0 Å². The zero-order valence-corrected chi connectivity index (χ0v) is 18.7. The van der Waals surface area contributed by atoms with Crippen molar-refractivity contribution in [2.45, 2.75) is 33.2 Å². The summed E-state index contributed by atoms with van der Waals surface area (Å²) in [6.45, 7) is 5.97. The van der Waals surface area contributed by atoms with Crippen molar-refractivity contribution in [2.75, 3.05) is 13.2 Å². The quantitative estimate of drug-likeness (QED) is 0.378. The number of aryl methyl sites for hydroxylation is 3. The van der Waals surface area contributed by atoms with Gasteiger partial charge in [-0.25, -0.2) is 4.98 Å². The van der Waals surface area contributed by atoms with Crippen molar-refractivity contribution in [1.82, 2.24) is 14.9 Å². The average molecular weight is 428 g/mol. The van der Waals surface area contributed by atoms with Gasteiger partial charge in [-0.1, -0.05) is 42.0 Å². The summed E-state index contributed by atoms with van der Waals surface area (Å²) in [7, 11) is 0. The molecule has 1 N–H and O–H groups in total. The molecule has 4 aromatic rings. The van der Waals surface area contributed by atoms with E-state index in [0.29, 0.717) is 18.7 Å². The maximum atomic E-state index is 12.3. The van der Waals surface area contributed by atoms with E-state index in [2.05, 4.69) is 28.9 Å². The van der Waals surface area contributed by atoms with E-state index < -0.39 is 0 Å². The van der Waals surface area contributed by atoms with Crippen LogP contribution in [0.2, 0.25) is 0 Å². The SMILES string of the molecule is Cc1ccc(C(=O)NCCCc2nc3ccccc3n2CCOc2cccc(C)c2)cc1. The number of rotatable bonds is 9. The Hall–Kier alpha value is -3.60. The number of para-hydroxylation sites is 2. The third-order valence-electron chi connectivity index (χ3n) is 5.48. The largest absolute Gasteiger partial charge is 0.492 e. The molecule has 3 aromatic carbocycles. The number of nitrogens with zero attached hydrogens (tertiary/aromatic N) is 2. The molecule has 0 spiro atoms. The third kappa shape index (κ3) is 5.35. The Kier molecular flexibility index (Phi) is 6.85. The number of carbonyl (C=O) groups excluding carboxylic acids is 1. The molecule has 5 heteroatoms. The van der Waals surface area contributed by atoms with Crippen LogP contribution in [-0.4, -0.2) is 28.6 Å². The van der Waals surface area contributed by atoms with Crippen LogP contribution in [-0.2, 0) is 13.0 Å². The first-order chi connectivity index (χ1) is 15.6. The van der Waals surface area contributed by atoms with Gasteiger partial charge in [0, 0.05) is 18.5 Å². The number of carbonyl (C=O) groups is 1. The van der Waals surface area contributed by atoms with Crippen LogP contribution in [0.3, 0.4) is 0 Å². The number of benzene rings is 3. The minimum Gasteiger partial charge on any atom is -0.492 e. The van der Waals surface area contributed by atoms with Crippen LogP contribution < -0.4 is 10.1 Å². The van der Waals surface area contributed by atoms with Crippen LogP contribution >= 0.6 is 0 Å². The highest BCUT2D eigenvalue weighted by atomic mass is 16.5. The molecule has 164 valence electrons. The molecular formula is C27H29N3O2. The second-order valence-electron chi connectivity index (χ2n) is 8.06. The molecular weight excluding hydrogens is 398 g/mol. The van der Waals surface area contributed by atoms with Gasteiger partial charge in [0.15, 0.2) is 0 Å². The van der Waals surface area contributed by atoms with E-state index in [-0.39, 0.29) is 5.91 Å². The Morgan fingerprint density at radius 1 is 0.969 bits per heavy atom. The Labute approximate surface area is 189 Å². The molecule has 4 rings (SSSR count). The van der Waals surface area contributed by atoms with Crippen molar-refractivity contribution in [3.05, 3.63) is 95.3 Å². The van der Waals surface area contributed by atoms with Gasteiger partial charge < -0.3 is 14.6 Å². The first kappa shape index (κ1) is 21.6. The normalized spacial score (nSPS) is 10.9. The highest BCUT2D eigenvalue weighted by molar-refractivity contribution is 5.94. The summed E-state index contributed by atoms with van der Waals surface area (Å²) >= 11 is 0. The lowest BCUT2D eigenvalue weighted by Gasteiger charge is -2.11. The van der Waals surface area contributed by atoms with Crippen molar-refractivity contribution >= 4 is 16.9 Å². The molecule has 0 aliphatic heterocycles. The molecule has 0 saturated carbocycles. The fraction of sp³-hybridized carbons (Fsp3) is 0.259. The third-order valence-corrected chi connectivity index (χ3v) is 5.48. The van der Waals surface area contributed by atoms with Crippen LogP contribution in [0.15, 0.2) is 72.8 Å². The van der Waals surface area contributed by atoms with E-state index in [9.17, 15) is 4.79 Å². The van der Waals surface area contributed by atoms with Crippen molar-refractivity contribution < 1.29 is 9.53 Å². The van der Waals surface area contributed by atoms with Crippen LogP contribution in [0.1, 0.15) is 33.7 Å². The molecule has 0 saturated heterocycles. The van der Waals surface area contributed by atoms with Crippen molar-refractivity contribution in [2.24, 2.45) is 0 Å². The summed E-state index contributed by atoms with van der Waals surface area (Å²) in [4.78, 5) is 17.2. The molecule has 1 amide bonds. The second-order valence-corrected chi connectivity index (χ2v) is 8.06. The van der Waals surface area contributed by atoms with Gasteiger partial charge in [-0.15, -0.1) is 0 Å². The highest BCUT2D eigenvalue weighted by Gasteiger charge is 2.11. The monoisotopic (exact) mass is 427 g/mol. The van der Waals surface area contributed by atoms with Gasteiger partial charge in [-0.3, -0.25) is 4.79 Å². The molecule has 32 heavy (non-hydrogen) atoms. The van der Waals surface area contributed by atoms with Crippen LogP contribution in [0.25, 0.3) is 11.0 Å². The van der Waals surface area contributed by atoms with E-state index in [1.165, 1.54) is 5.56 Å². The molecule has 0 atom stereocenters. The van der Waals surface area contributed by atoms with Gasteiger partial charge in [0.25, 0.3) is 5.91 Å². The van der Waals surface area contributed by atoms with E-state index in [0.717, 1.165) is 47.6 Å². The van der Waals surface area contributed by atoms with Gasteiger partial charge in [-0.05, 0) is 62.2 Å². The zero-order valence-electron chi connectivity index (χ0n) is 18.7. The lowest BCUT2D eigenvalue weighted by molar-refractivity contribution is 0.0953. The van der Waals surface area contributed by atoms with Crippen LogP contribution in [0.5, 0.6) is 5.75 Å². The highest BCUT2D eigenvalue weighted by Crippen LogP contribution is 2.18. The lowest BCUT2D eigenvalue weighted by atomic mass is 10.1. The maximum Gasteiger partial charge on any atom is 0.251 e. The minimum absolute atomic E-state index is 0.0370. The molecule has 0 unspecified atom stereocenters. The number of aromatic nitrogens is 2. The molecule has 1 heterocycles. The first-order valence-electron chi connectivity index (χ1n) is 11.1. The van der Waals surface area contributed by atoms with Crippen molar-refractivity contribution in [1.29, 1.82) is 0 Å². The van der Waals surface area contributed by atoms with Crippen LogP contribution in [0, 0.1) is 13.8 Å². The molecule has 0 fully saturated rings. The Bertz CT molecular complexity index is 1200. The minimum atomic E-state index is -0.0370. The van der Waals surface area contributed by atoms with Crippen molar-refractivity contribution in [3.63, 3.8) is 0 Å². The maximum absolute atomic E-state index is 12.3. The summed E-state index contributed by atoms with van der Waals surface area (Å²) in [5.41, 5.74) is 5.12. The zero-order chi connectivity index (χ0) is 22.3. The van der Waals surface area contributed by atoms with Crippen LogP contribution in [0.4, 0.5) is 0 Å². The number of hydrogen-bond donors (Lipinski definition) is 1. The predicted octanol–water partition coefficient (Wildman–Crippen LogP) is 5.09. The number of nitrogens with one attached hydrogen (secondary N) is 1. The van der Waals surface area contributed by atoms with Gasteiger partial charge in [0.05, 0.1) is 17.6 Å². The fourth-order valence-corrected chi connectivity index (χ4v) is 3.78. The molecule has 0 aliphatic carbocycles. The van der Waals surface area contributed by atoms with Gasteiger partial charge in [0.1, 0.15) is 18.2 Å². The molecule has 5 nitrogen and oxygen atoms in total. The fourth-order valence-electron chi connectivity index (χ4n) is 3.78. The number of fused-ring (bicyclic) bond motifs is 1. The topological polar surface area (TPSA) is 56.2 Å². The standard InChI is InChI=1S/C27H29N3O2/c1-20-12-14-22(15-13-20)27(31)28-16-6-11-26-29-24-9-3-4-10-25(24)30(26)17-18-32-23-8-5-7-21(2)19-23/h3-5,7-10,12-15,19H,6,11,16-18H2,1-2H3,(H,28,31). The smallest absolute Gasteiger partial charge is 0.251 e. The number of imidazole rings is 1. The first-order valence-corrected chi connectivity index (χ1v) is 11.1. The predicted molar refractivity (Wildman–Crippen MR) is 128 cm³/mol.